The van der Waals surface area contributed by atoms with Gasteiger partial charge < -0.3 is 4.74 Å². The van der Waals surface area contributed by atoms with Crippen LogP contribution < -0.4 is 0 Å². The number of hydrogen-bond donors (Lipinski definition) is 0. The van der Waals surface area contributed by atoms with E-state index in [0.29, 0.717) is 18.1 Å². The second kappa shape index (κ2) is 6.07. The SMILES string of the molecule is C=C(C)C(=O)OCC1CCC(C(C)C)CC1. The van der Waals surface area contributed by atoms with Crippen molar-refractivity contribution in [3.8, 4) is 0 Å². The first-order valence-electron chi connectivity index (χ1n) is 6.33. The molecule has 1 saturated carbocycles. The Bertz CT molecular complexity index is 247. The van der Waals surface area contributed by atoms with Crippen LogP contribution in [0.2, 0.25) is 0 Å². The van der Waals surface area contributed by atoms with Gasteiger partial charge in [-0.15, -0.1) is 0 Å². The molecule has 0 aromatic rings. The molecule has 0 aliphatic heterocycles. The van der Waals surface area contributed by atoms with E-state index in [1.807, 2.05) is 0 Å². The maximum absolute atomic E-state index is 11.2. The molecule has 2 heteroatoms. The fourth-order valence-corrected chi connectivity index (χ4v) is 2.34. The third kappa shape index (κ3) is 3.99. The number of ether oxygens (including phenoxy) is 1. The van der Waals surface area contributed by atoms with Gasteiger partial charge in [0, 0.05) is 5.57 Å². The van der Waals surface area contributed by atoms with Crippen LogP contribution in [0.25, 0.3) is 0 Å². The number of rotatable bonds is 4. The first-order valence-corrected chi connectivity index (χ1v) is 6.33. The van der Waals surface area contributed by atoms with E-state index < -0.39 is 0 Å². The predicted molar refractivity (Wildman–Crippen MR) is 66.1 cm³/mol. The quantitative estimate of drug-likeness (QED) is 0.539. The highest BCUT2D eigenvalue weighted by atomic mass is 16.5. The second-order valence-electron chi connectivity index (χ2n) is 5.40. The summed E-state index contributed by atoms with van der Waals surface area (Å²) < 4.78 is 5.20. The molecule has 1 fully saturated rings. The summed E-state index contributed by atoms with van der Waals surface area (Å²) in [5.41, 5.74) is 0.496. The van der Waals surface area contributed by atoms with Crippen molar-refractivity contribution in [3.05, 3.63) is 12.2 Å². The molecule has 0 bridgehead atoms. The van der Waals surface area contributed by atoms with Gasteiger partial charge in [0.15, 0.2) is 0 Å². The maximum Gasteiger partial charge on any atom is 0.333 e. The van der Waals surface area contributed by atoms with Crippen molar-refractivity contribution in [1.29, 1.82) is 0 Å². The summed E-state index contributed by atoms with van der Waals surface area (Å²) in [6.07, 6.45) is 4.97. The number of hydrogen-bond acceptors (Lipinski definition) is 2. The topological polar surface area (TPSA) is 26.3 Å². The van der Waals surface area contributed by atoms with E-state index in [4.69, 9.17) is 4.74 Å². The van der Waals surface area contributed by atoms with Crippen molar-refractivity contribution in [2.75, 3.05) is 6.61 Å². The normalized spacial score (nSPS) is 25.5. The minimum atomic E-state index is -0.244. The fourth-order valence-electron chi connectivity index (χ4n) is 2.34. The molecule has 0 radical (unpaired) electrons. The molecule has 0 aromatic heterocycles. The molecular formula is C14H24O2. The number of carbonyl (C=O) groups excluding carboxylic acids is 1. The average Bonchev–Trinajstić information content (AvgIpc) is 2.26. The molecule has 0 atom stereocenters. The Balaban J connectivity index is 2.22. The Morgan fingerprint density at radius 3 is 2.31 bits per heavy atom. The molecule has 0 spiro atoms. The van der Waals surface area contributed by atoms with Gasteiger partial charge in [-0.05, 0) is 50.4 Å². The molecule has 92 valence electrons. The molecule has 16 heavy (non-hydrogen) atoms. The van der Waals surface area contributed by atoms with Crippen LogP contribution in [0.1, 0.15) is 46.5 Å². The minimum Gasteiger partial charge on any atom is -0.462 e. The highest BCUT2D eigenvalue weighted by Crippen LogP contribution is 2.33. The minimum absolute atomic E-state index is 0.244. The monoisotopic (exact) mass is 224 g/mol. The predicted octanol–water partition coefficient (Wildman–Crippen LogP) is 3.57. The second-order valence-corrected chi connectivity index (χ2v) is 5.40. The Hall–Kier alpha value is -0.790. The van der Waals surface area contributed by atoms with Crippen LogP contribution >= 0.6 is 0 Å². The van der Waals surface area contributed by atoms with E-state index in [1.165, 1.54) is 25.7 Å². The van der Waals surface area contributed by atoms with Gasteiger partial charge >= 0.3 is 5.97 Å². The summed E-state index contributed by atoms with van der Waals surface area (Å²) in [4.78, 5) is 11.2. The molecule has 0 heterocycles. The third-order valence-corrected chi connectivity index (χ3v) is 3.63. The van der Waals surface area contributed by atoms with Crippen LogP contribution in [0.15, 0.2) is 12.2 Å². The summed E-state index contributed by atoms with van der Waals surface area (Å²) in [6, 6.07) is 0. The lowest BCUT2D eigenvalue weighted by Crippen LogP contribution is -2.23. The highest BCUT2D eigenvalue weighted by molar-refractivity contribution is 5.86. The van der Waals surface area contributed by atoms with Gasteiger partial charge in [-0.25, -0.2) is 4.79 Å². The summed E-state index contributed by atoms with van der Waals surface area (Å²) in [5.74, 6) is 1.98. The summed E-state index contributed by atoms with van der Waals surface area (Å²) in [5, 5.41) is 0. The Labute approximate surface area is 99.1 Å². The lowest BCUT2D eigenvalue weighted by molar-refractivity contribution is -0.140. The van der Waals surface area contributed by atoms with Gasteiger partial charge in [0.2, 0.25) is 0 Å². The van der Waals surface area contributed by atoms with E-state index in [2.05, 4.69) is 20.4 Å². The zero-order valence-electron chi connectivity index (χ0n) is 10.8. The van der Waals surface area contributed by atoms with Gasteiger partial charge in [-0.3, -0.25) is 0 Å². The Kier molecular flexibility index (Phi) is 5.04. The summed E-state index contributed by atoms with van der Waals surface area (Å²) in [7, 11) is 0. The van der Waals surface area contributed by atoms with Crippen LogP contribution in [0, 0.1) is 17.8 Å². The largest absolute Gasteiger partial charge is 0.462 e. The molecule has 0 unspecified atom stereocenters. The van der Waals surface area contributed by atoms with Crippen LogP contribution in [0.3, 0.4) is 0 Å². The van der Waals surface area contributed by atoms with Crippen LogP contribution in [0.4, 0.5) is 0 Å². The zero-order chi connectivity index (χ0) is 12.1. The molecule has 0 N–H and O–H groups in total. The first-order chi connectivity index (χ1) is 7.50. The molecule has 1 rings (SSSR count). The zero-order valence-corrected chi connectivity index (χ0v) is 10.8. The smallest absolute Gasteiger partial charge is 0.333 e. The number of carbonyl (C=O) groups is 1. The van der Waals surface area contributed by atoms with E-state index in [9.17, 15) is 4.79 Å². The lowest BCUT2D eigenvalue weighted by Gasteiger charge is -2.30. The molecular weight excluding hydrogens is 200 g/mol. The molecule has 1 aliphatic rings. The summed E-state index contributed by atoms with van der Waals surface area (Å²) in [6.45, 7) is 10.4. The lowest BCUT2D eigenvalue weighted by atomic mass is 9.77. The van der Waals surface area contributed by atoms with Gasteiger partial charge in [0.1, 0.15) is 0 Å². The van der Waals surface area contributed by atoms with E-state index in [0.717, 1.165) is 11.8 Å². The van der Waals surface area contributed by atoms with Crippen molar-refractivity contribution >= 4 is 5.97 Å². The summed E-state index contributed by atoms with van der Waals surface area (Å²) >= 11 is 0. The van der Waals surface area contributed by atoms with E-state index >= 15 is 0 Å². The molecule has 0 saturated heterocycles. The number of esters is 1. The van der Waals surface area contributed by atoms with Gasteiger partial charge in [-0.1, -0.05) is 20.4 Å². The van der Waals surface area contributed by atoms with Crippen LogP contribution in [0.5, 0.6) is 0 Å². The molecule has 0 amide bonds. The maximum atomic E-state index is 11.2. The van der Waals surface area contributed by atoms with E-state index in [-0.39, 0.29) is 5.97 Å². The molecule has 1 aliphatic carbocycles. The average molecular weight is 224 g/mol. The standard InChI is InChI=1S/C14H24O2/c1-10(2)13-7-5-12(6-8-13)9-16-14(15)11(3)4/h10,12-13H,3,5-9H2,1-2,4H3. The Morgan fingerprint density at radius 2 is 1.88 bits per heavy atom. The van der Waals surface area contributed by atoms with Crippen molar-refractivity contribution in [2.45, 2.75) is 46.5 Å². The van der Waals surface area contributed by atoms with Gasteiger partial charge in [0.05, 0.1) is 6.61 Å². The van der Waals surface area contributed by atoms with Crippen molar-refractivity contribution in [1.82, 2.24) is 0 Å². The Morgan fingerprint density at radius 1 is 1.31 bits per heavy atom. The van der Waals surface area contributed by atoms with Gasteiger partial charge in [-0.2, -0.15) is 0 Å². The van der Waals surface area contributed by atoms with Crippen LogP contribution in [-0.4, -0.2) is 12.6 Å². The van der Waals surface area contributed by atoms with Crippen molar-refractivity contribution < 1.29 is 9.53 Å². The molecule has 2 nitrogen and oxygen atoms in total. The van der Waals surface area contributed by atoms with Crippen molar-refractivity contribution in [3.63, 3.8) is 0 Å². The fraction of sp³-hybridized carbons (Fsp3) is 0.786. The molecule has 0 aromatic carbocycles. The van der Waals surface area contributed by atoms with E-state index in [1.54, 1.807) is 6.92 Å². The van der Waals surface area contributed by atoms with Crippen molar-refractivity contribution in [2.24, 2.45) is 17.8 Å². The first kappa shape index (κ1) is 13.3. The van der Waals surface area contributed by atoms with Crippen LogP contribution in [-0.2, 0) is 9.53 Å². The third-order valence-electron chi connectivity index (χ3n) is 3.63. The van der Waals surface area contributed by atoms with Gasteiger partial charge in [0.25, 0.3) is 0 Å². The highest BCUT2D eigenvalue weighted by Gasteiger charge is 2.23.